The van der Waals surface area contributed by atoms with Gasteiger partial charge in [-0.05, 0) is 26.7 Å². The smallest absolute Gasteiger partial charge is 0.228 e. The van der Waals surface area contributed by atoms with Crippen molar-refractivity contribution >= 4 is 43.1 Å². The highest BCUT2D eigenvalue weighted by Gasteiger charge is 2.39. The van der Waals surface area contributed by atoms with Gasteiger partial charge < -0.3 is 9.16 Å². The van der Waals surface area contributed by atoms with Gasteiger partial charge in [0.25, 0.3) is 0 Å². The molecule has 92 valence electrons. The number of hydrogen-bond donors (Lipinski definition) is 0. The monoisotopic (exact) mass is 293 g/mol. The first kappa shape index (κ1) is 16.0. The maximum Gasteiger partial charge on any atom is 0.228 e. The molecule has 7 heteroatoms. The molecular formula is C8H18Cl3NO2Si. The van der Waals surface area contributed by atoms with Crippen LogP contribution in [0.4, 0.5) is 0 Å². The molecule has 0 aliphatic carbocycles. The number of methoxy groups -OCH3 is 1. The Hall–Kier alpha value is 0.967. The van der Waals surface area contributed by atoms with Gasteiger partial charge in [-0.3, -0.25) is 4.90 Å². The van der Waals surface area contributed by atoms with Gasteiger partial charge in [-0.1, -0.05) is 34.8 Å². The maximum atomic E-state index is 5.87. The lowest BCUT2D eigenvalue weighted by Gasteiger charge is -2.36. The van der Waals surface area contributed by atoms with Crippen molar-refractivity contribution in [2.24, 2.45) is 0 Å². The van der Waals surface area contributed by atoms with Crippen LogP contribution in [0.2, 0.25) is 19.6 Å². The second-order valence-corrected chi connectivity index (χ2v) is 11.1. The quantitative estimate of drug-likeness (QED) is 0.442. The number of rotatable bonds is 5. The third-order valence-corrected chi connectivity index (χ3v) is 2.97. The summed E-state index contributed by atoms with van der Waals surface area (Å²) < 4.78 is 9.31. The van der Waals surface area contributed by atoms with Gasteiger partial charge in [0.2, 0.25) is 3.79 Å². The molecule has 0 rings (SSSR count). The highest BCUT2D eigenvalue weighted by molar-refractivity contribution is 6.71. The van der Waals surface area contributed by atoms with E-state index in [-0.39, 0.29) is 0 Å². The highest BCUT2D eigenvalue weighted by Crippen LogP contribution is 2.35. The Morgan fingerprint density at radius 1 is 1.27 bits per heavy atom. The molecule has 0 radical (unpaired) electrons. The van der Waals surface area contributed by atoms with E-state index >= 15 is 0 Å². The van der Waals surface area contributed by atoms with E-state index in [1.807, 2.05) is 19.6 Å². The van der Waals surface area contributed by atoms with Crippen LogP contribution in [0.5, 0.6) is 0 Å². The van der Waals surface area contributed by atoms with Crippen LogP contribution in [0.3, 0.4) is 0 Å². The van der Waals surface area contributed by atoms with E-state index in [2.05, 4.69) is 0 Å². The minimum Gasteiger partial charge on any atom is -0.398 e. The second-order valence-electron chi connectivity index (χ2n) is 4.30. The molecule has 3 nitrogen and oxygen atoms in total. The summed E-state index contributed by atoms with van der Waals surface area (Å²) in [7, 11) is 1.60. The van der Waals surface area contributed by atoms with E-state index in [4.69, 9.17) is 44.0 Å². The van der Waals surface area contributed by atoms with Gasteiger partial charge in [0.1, 0.15) is 13.0 Å². The first-order chi connectivity index (χ1) is 6.58. The number of hydrogen-bond acceptors (Lipinski definition) is 3. The average Bonchev–Trinajstić information content (AvgIpc) is 1.97. The number of ether oxygens (including phenoxy) is 1. The Kier molecular flexibility index (Phi) is 6.44. The zero-order valence-corrected chi connectivity index (χ0v) is 12.9. The lowest BCUT2D eigenvalue weighted by atomic mass is 10.6. The molecule has 1 atom stereocenters. The van der Waals surface area contributed by atoms with Gasteiger partial charge in [-0.2, -0.15) is 0 Å². The van der Waals surface area contributed by atoms with E-state index in [1.54, 1.807) is 19.1 Å². The molecule has 0 amide bonds. The highest BCUT2D eigenvalue weighted by atomic mass is 35.6. The van der Waals surface area contributed by atoms with Gasteiger partial charge in [0.05, 0.1) is 0 Å². The van der Waals surface area contributed by atoms with Crippen LogP contribution in [0.25, 0.3) is 0 Å². The van der Waals surface area contributed by atoms with Crippen molar-refractivity contribution in [3.63, 3.8) is 0 Å². The zero-order valence-electron chi connectivity index (χ0n) is 9.68. The van der Waals surface area contributed by atoms with Crippen LogP contribution >= 0.6 is 34.8 Å². The van der Waals surface area contributed by atoms with E-state index in [0.717, 1.165) is 0 Å². The largest absolute Gasteiger partial charge is 0.398 e. The number of halogens is 3. The lowest BCUT2D eigenvalue weighted by molar-refractivity contribution is -0.0297. The molecule has 0 saturated heterocycles. The van der Waals surface area contributed by atoms with Gasteiger partial charge in [0, 0.05) is 7.11 Å². The number of nitrogens with zero attached hydrogens (tertiary/aromatic N) is 1. The molecule has 0 aromatic rings. The van der Waals surface area contributed by atoms with Crippen LogP contribution in [-0.4, -0.2) is 44.1 Å². The number of alkyl halides is 3. The minimum atomic E-state index is -1.77. The van der Waals surface area contributed by atoms with E-state index in [0.29, 0.717) is 6.73 Å². The summed E-state index contributed by atoms with van der Waals surface area (Å²) in [5.74, 6) is 0. The Balaban J connectivity index is 4.60. The molecular weight excluding hydrogens is 277 g/mol. The van der Waals surface area contributed by atoms with Crippen molar-refractivity contribution in [2.45, 2.75) is 29.7 Å². The Morgan fingerprint density at radius 2 is 1.73 bits per heavy atom. The predicted molar refractivity (Wildman–Crippen MR) is 68.1 cm³/mol. The van der Waals surface area contributed by atoms with Crippen LogP contribution in [0, 0.1) is 0 Å². The van der Waals surface area contributed by atoms with E-state index < -0.39 is 18.3 Å². The van der Waals surface area contributed by atoms with Crippen molar-refractivity contribution in [3.05, 3.63) is 0 Å². The van der Waals surface area contributed by atoms with Crippen molar-refractivity contribution in [3.8, 4) is 0 Å². The van der Waals surface area contributed by atoms with E-state index in [1.165, 1.54) is 0 Å². The molecule has 0 aromatic heterocycles. The summed E-state index contributed by atoms with van der Waals surface area (Å²) in [6.07, 6.45) is -0.589. The minimum absolute atomic E-state index is 0.350. The summed E-state index contributed by atoms with van der Waals surface area (Å²) in [5.41, 5.74) is 0. The topological polar surface area (TPSA) is 21.7 Å². The van der Waals surface area contributed by atoms with Crippen LogP contribution in [-0.2, 0) is 9.16 Å². The van der Waals surface area contributed by atoms with Crippen molar-refractivity contribution in [1.29, 1.82) is 0 Å². The van der Waals surface area contributed by atoms with Crippen molar-refractivity contribution < 1.29 is 9.16 Å². The molecule has 0 fully saturated rings. The lowest BCUT2D eigenvalue weighted by Crippen LogP contribution is -2.49. The second kappa shape index (κ2) is 6.05. The molecule has 15 heavy (non-hydrogen) atoms. The van der Waals surface area contributed by atoms with Crippen LogP contribution in [0.1, 0.15) is 0 Å². The molecule has 0 bridgehead atoms. The standard InChI is InChI=1S/C8H18Cl3NO2Si/c1-12(6-13-2)7(8(9,10)11)14-15(3,4)5/h7H,6H2,1-5H3. The molecule has 0 N–H and O–H groups in total. The van der Waals surface area contributed by atoms with Crippen molar-refractivity contribution in [1.82, 2.24) is 4.90 Å². The molecule has 0 aliphatic rings. The first-order valence-electron chi connectivity index (χ1n) is 4.51. The fourth-order valence-electron chi connectivity index (χ4n) is 1.01. The van der Waals surface area contributed by atoms with Gasteiger partial charge >= 0.3 is 0 Å². The molecule has 1 unspecified atom stereocenters. The SMILES string of the molecule is COCN(C)C(O[Si](C)(C)C)C(Cl)(Cl)Cl. The van der Waals surface area contributed by atoms with E-state index in [9.17, 15) is 0 Å². The Morgan fingerprint density at radius 3 is 2.00 bits per heavy atom. The fourth-order valence-corrected chi connectivity index (χ4v) is 2.90. The normalized spacial score (nSPS) is 15.8. The summed E-state index contributed by atoms with van der Waals surface area (Å²) in [6.45, 7) is 6.47. The fraction of sp³-hybridized carbons (Fsp3) is 1.00. The third-order valence-electron chi connectivity index (χ3n) is 1.48. The van der Waals surface area contributed by atoms with Crippen LogP contribution < -0.4 is 0 Å². The summed E-state index contributed by atoms with van der Waals surface area (Å²) in [5, 5.41) is 0. The Bertz CT molecular complexity index is 193. The molecule has 0 heterocycles. The molecule has 0 aromatic carbocycles. The zero-order chi connectivity index (χ0) is 12.3. The molecule has 0 spiro atoms. The van der Waals surface area contributed by atoms with Gasteiger partial charge in [-0.15, -0.1) is 0 Å². The summed E-state index contributed by atoms with van der Waals surface area (Å²) >= 11 is 17.6. The Labute approximate surface area is 108 Å². The third kappa shape index (κ3) is 7.00. The first-order valence-corrected chi connectivity index (χ1v) is 9.06. The molecule has 0 aliphatic heterocycles. The van der Waals surface area contributed by atoms with Crippen LogP contribution in [0.15, 0.2) is 0 Å². The van der Waals surface area contributed by atoms with Crippen molar-refractivity contribution in [2.75, 3.05) is 20.9 Å². The molecule has 0 saturated carbocycles. The summed E-state index contributed by atoms with van der Waals surface area (Å²) in [6, 6.07) is 0. The van der Waals surface area contributed by atoms with Gasteiger partial charge in [0.15, 0.2) is 8.32 Å². The predicted octanol–water partition coefficient (Wildman–Crippen LogP) is 3.07. The average molecular weight is 295 g/mol. The maximum absolute atomic E-state index is 5.87. The summed E-state index contributed by atoms with van der Waals surface area (Å²) in [4.78, 5) is 1.73. The van der Waals surface area contributed by atoms with Gasteiger partial charge in [-0.25, -0.2) is 0 Å².